The summed E-state index contributed by atoms with van der Waals surface area (Å²) in [6.45, 7) is 0. The summed E-state index contributed by atoms with van der Waals surface area (Å²) in [5.41, 5.74) is -4.38. The molecule has 6 nitrogen and oxygen atoms in total. The van der Waals surface area contributed by atoms with Gasteiger partial charge in [-0.1, -0.05) is 15.9 Å². The van der Waals surface area contributed by atoms with Gasteiger partial charge in [-0.2, -0.15) is 17.9 Å². The zero-order valence-corrected chi connectivity index (χ0v) is 12.7. The van der Waals surface area contributed by atoms with Crippen molar-refractivity contribution >= 4 is 31.9 Å². The van der Waals surface area contributed by atoms with Crippen LogP contribution in [0, 0.1) is 0 Å². The van der Waals surface area contributed by atoms with Crippen LogP contribution in [0.1, 0.15) is 0 Å². The number of hydrogen-bond donors (Lipinski definition) is 2. The number of ether oxygens (including phenoxy) is 1. The number of alkyl halides is 3. The van der Waals surface area contributed by atoms with Crippen molar-refractivity contribution in [3.63, 3.8) is 0 Å². The molecule has 1 rings (SSSR count). The standard InChI is InChI=1S/C10H9BrF3NO5S/c1-20-8(16)9(17,10(12,13)14)15-21(18,19)7-4-2-6(11)3-5-7/h2-5,15,17H,1H3/t9-/m1/s1. The lowest BCUT2D eigenvalue weighted by Crippen LogP contribution is -2.64. The fraction of sp³-hybridized carbons (Fsp3) is 0.300. The summed E-state index contributed by atoms with van der Waals surface area (Å²) in [7, 11) is -4.24. The highest BCUT2D eigenvalue weighted by atomic mass is 79.9. The van der Waals surface area contributed by atoms with Crippen LogP contribution >= 0.6 is 15.9 Å². The molecule has 0 fully saturated rings. The number of benzene rings is 1. The van der Waals surface area contributed by atoms with E-state index in [0.717, 1.165) is 16.9 Å². The average Bonchev–Trinajstić information content (AvgIpc) is 2.36. The molecule has 0 unspecified atom stereocenters. The lowest BCUT2D eigenvalue weighted by Gasteiger charge is -2.27. The second-order valence-corrected chi connectivity index (χ2v) is 6.36. The summed E-state index contributed by atoms with van der Waals surface area (Å²) in [5.74, 6) is -2.20. The van der Waals surface area contributed by atoms with Crippen LogP contribution in [0.3, 0.4) is 0 Å². The Morgan fingerprint density at radius 3 is 2.14 bits per heavy atom. The number of hydrogen-bond acceptors (Lipinski definition) is 5. The molecular formula is C10H9BrF3NO5S. The summed E-state index contributed by atoms with van der Waals surface area (Å²) in [6.07, 6.45) is -5.61. The molecule has 0 amide bonds. The molecular weight excluding hydrogens is 383 g/mol. The lowest BCUT2D eigenvalue weighted by molar-refractivity contribution is -0.265. The Morgan fingerprint density at radius 2 is 1.76 bits per heavy atom. The molecule has 118 valence electrons. The van der Waals surface area contributed by atoms with Crippen LogP contribution in [0.15, 0.2) is 33.6 Å². The van der Waals surface area contributed by atoms with Gasteiger partial charge < -0.3 is 9.84 Å². The van der Waals surface area contributed by atoms with Crippen LogP contribution in [-0.4, -0.2) is 38.5 Å². The normalized spacial score (nSPS) is 15.3. The maximum absolute atomic E-state index is 12.8. The van der Waals surface area contributed by atoms with Gasteiger partial charge in [0.1, 0.15) is 0 Å². The van der Waals surface area contributed by atoms with Gasteiger partial charge in [0, 0.05) is 4.47 Å². The molecule has 0 spiro atoms. The Kier molecular flexibility index (Phi) is 5.03. The second-order valence-electron chi connectivity index (χ2n) is 3.76. The SMILES string of the molecule is COC(=O)[C@](O)(NS(=O)(=O)c1ccc(Br)cc1)C(F)(F)F. The number of esters is 1. The van der Waals surface area contributed by atoms with Crippen molar-refractivity contribution in [1.82, 2.24) is 4.72 Å². The first-order valence-electron chi connectivity index (χ1n) is 5.11. The average molecular weight is 392 g/mol. The second kappa shape index (κ2) is 5.91. The lowest BCUT2D eigenvalue weighted by atomic mass is 10.2. The monoisotopic (exact) mass is 391 g/mol. The Bertz CT molecular complexity index is 631. The van der Waals surface area contributed by atoms with Crippen LogP contribution in [0.2, 0.25) is 0 Å². The first-order chi connectivity index (χ1) is 9.44. The highest BCUT2D eigenvalue weighted by molar-refractivity contribution is 9.10. The third kappa shape index (κ3) is 3.73. The van der Waals surface area contributed by atoms with Gasteiger partial charge in [0.25, 0.3) is 0 Å². The number of carbonyl (C=O) groups is 1. The van der Waals surface area contributed by atoms with Crippen LogP contribution in [0.5, 0.6) is 0 Å². The molecule has 0 saturated carbocycles. The summed E-state index contributed by atoms with van der Waals surface area (Å²) in [6, 6.07) is 4.50. The molecule has 0 bridgehead atoms. The molecule has 0 aliphatic rings. The number of rotatable bonds is 4. The summed E-state index contributed by atoms with van der Waals surface area (Å²) < 4.78 is 67.2. The largest absolute Gasteiger partial charge is 0.466 e. The van der Waals surface area contributed by atoms with Gasteiger partial charge in [-0.25, -0.2) is 13.2 Å². The van der Waals surface area contributed by atoms with E-state index in [-0.39, 0.29) is 0 Å². The molecule has 0 radical (unpaired) electrons. The molecule has 0 aromatic heterocycles. The zero-order valence-electron chi connectivity index (χ0n) is 10.3. The predicted octanol–water partition coefficient (Wildman–Crippen LogP) is 1.15. The van der Waals surface area contributed by atoms with Crippen LogP contribution in [0.25, 0.3) is 0 Å². The third-order valence-corrected chi connectivity index (χ3v) is 4.28. The molecule has 0 heterocycles. The summed E-state index contributed by atoms with van der Waals surface area (Å²) >= 11 is 3.02. The number of carbonyl (C=O) groups excluding carboxylic acids is 1. The van der Waals surface area contributed by atoms with E-state index in [1.807, 2.05) is 0 Å². The molecule has 0 aliphatic carbocycles. The van der Waals surface area contributed by atoms with Crippen molar-refractivity contribution in [3.05, 3.63) is 28.7 Å². The minimum Gasteiger partial charge on any atom is -0.466 e. The van der Waals surface area contributed by atoms with E-state index < -0.39 is 32.8 Å². The molecule has 1 atom stereocenters. The first kappa shape index (κ1) is 17.9. The number of halogens is 4. The minimum atomic E-state index is -5.61. The van der Waals surface area contributed by atoms with E-state index in [0.29, 0.717) is 11.6 Å². The maximum atomic E-state index is 12.8. The van der Waals surface area contributed by atoms with Gasteiger partial charge in [-0.3, -0.25) is 0 Å². The van der Waals surface area contributed by atoms with Gasteiger partial charge in [0.15, 0.2) is 0 Å². The fourth-order valence-electron chi connectivity index (χ4n) is 1.23. The number of methoxy groups -OCH3 is 1. The Morgan fingerprint density at radius 1 is 1.29 bits per heavy atom. The molecule has 2 N–H and O–H groups in total. The van der Waals surface area contributed by atoms with Gasteiger partial charge >= 0.3 is 17.9 Å². The fourth-order valence-corrected chi connectivity index (χ4v) is 2.69. The van der Waals surface area contributed by atoms with Crippen molar-refractivity contribution in [3.8, 4) is 0 Å². The van der Waals surface area contributed by atoms with Crippen molar-refractivity contribution in [2.75, 3.05) is 7.11 Å². The molecule has 1 aromatic rings. The van der Waals surface area contributed by atoms with Gasteiger partial charge in [0.05, 0.1) is 12.0 Å². The molecule has 0 saturated heterocycles. The van der Waals surface area contributed by atoms with Crippen molar-refractivity contribution in [2.45, 2.75) is 16.8 Å². The van der Waals surface area contributed by atoms with E-state index in [1.54, 1.807) is 0 Å². The van der Waals surface area contributed by atoms with E-state index in [9.17, 15) is 31.5 Å². The first-order valence-corrected chi connectivity index (χ1v) is 7.39. The number of nitrogens with one attached hydrogen (secondary N) is 1. The van der Waals surface area contributed by atoms with Crippen molar-refractivity contribution in [2.24, 2.45) is 0 Å². The molecule has 1 aromatic carbocycles. The van der Waals surface area contributed by atoms with Gasteiger partial charge in [-0.05, 0) is 24.3 Å². The van der Waals surface area contributed by atoms with Crippen molar-refractivity contribution < 1.29 is 36.2 Å². The maximum Gasteiger partial charge on any atom is 0.443 e. The van der Waals surface area contributed by atoms with E-state index in [1.165, 1.54) is 12.1 Å². The smallest absolute Gasteiger partial charge is 0.443 e. The Balaban J connectivity index is 3.26. The van der Waals surface area contributed by atoms with Crippen LogP contribution in [0.4, 0.5) is 13.2 Å². The zero-order chi connectivity index (χ0) is 16.5. The van der Waals surface area contributed by atoms with Gasteiger partial charge in [0.2, 0.25) is 10.0 Å². The highest BCUT2D eigenvalue weighted by Crippen LogP contribution is 2.31. The van der Waals surface area contributed by atoms with Crippen molar-refractivity contribution in [1.29, 1.82) is 0 Å². The number of sulfonamides is 1. The molecule has 11 heteroatoms. The predicted molar refractivity (Wildman–Crippen MR) is 67.5 cm³/mol. The molecule has 0 aliphatic heterocycles. The van der Waals surface area contributed by atoms with Crippen LogP contribution in [-0.2, 0) is 19.6 Å². The summed E-state index contributed by atoms with van der Waals surface area (Å²) in [5, 5.41) is 9.37. The quantitative estimate of drug-likeness (QED) is 0.593. The topological polar surface area (TPSA) is 92.7 Å². The molecule has 21 heavy (non-hydrogen) atoms. The van der Waals surface area contributed by atoms with Gasteiger partial charge in [-0.15, -0.1) is 0 Å². The minimum absolute atomic E-state index is 0.487. The third-order valence-electron chi connectivity index (χ3n) is 2.30. The van der Waals surface area contributed by atoms with Crippen LogP contribution < -0.4 is 4.72 Å². The number of aliphatic hydroxyl groups is 1. The summed E-state index contributed by atoms with van der Waals surface area (Å²) in [4.78, 5) is 10.5. The Hall–Kier alpha value is -1.17. The van der Waals surface area contributed by atoms with E-state index >= 15 is 0 Å². The van der Waals surface area contributed by atoms with E-state index in [2.05, 4.69) is 20.7 Å². The van der Waals surface area contributed by atoms with E-state index in [4.69, 9.17) is 0 Å². The highest BCUT2D eigenvalue weighted by Gasteiger charge is 2.63. The Labute approximate surface area is 126 Å².